The molecule has 246 valence electrons. The molecule has 3 N–H and O–H groups in total. The van der Waals surface area contributed by atoms with E-state index in [0.29, 0.717) is 50.5 Å². The van der Waals surface area contributed by atoms with E-state index in [2.05, 4.69) is 10.0 Å². The van der Waals surface area contributed by atoms with Crippen molar-refractivity contribution in [2.45, 2.75) is 46.8 Å². The Morgan fingerprint density at radius 2 is 1.70 bits per heavy atom. The first-order chi connectivity index (χ1) is 22.0. The van der Waals surface area contributed by atoms with Gasteiger partial charge < -0.3 is 24.6 Å². The van der Waals surface area contributed by atoms with E-state index in [0.717, 1.165) is 11.1 Å². The van der Waals surface area contributed by atoms with Gasteiger partial charge in [-0.2, -0.15) is 9.57 Å². The van der Waals surface area contributed by atoms with E-state index >= 15 is 0 Å². The molecule has 2 saturated heterocycles. The lowest BCUT2D eigenvalue weighted by Gasteiger charge is -2.38. The molecule has 0 unspecified atom stereocenters. The van der Waals surface area contributed by atoms with Gasteiger partial charge in [0.05, 0.1) is 22.0 Å². The third kappa shape index (κ3) is 8.05. The maximum absolute atomic E-state index is 13.6. The third-order valence-electron chi connectivity index (χ3n) is 8.27. The van der Waals surface area contributed by atoms with Gasteiger partial charge in [0.25, 0.3) is 0 Å². The van der Waals surface area contributed by atoms with Crippen LogP contribution in [0.15, 0.2) is 82.6 Å². The fourth-order valence-corrected chi connectivity index (χ4v) is 7.96. The number of hydrogen-bond acceptors (Lipinski definition) is 10. The van der Waals surface area contributed by atoms with Gasteiger partial charge in [-0.3, -0.25) is 0 Å². The largest absolute Gasteiger partial charge is 0.491 e. The highest BCUT2D eigenvalue weighted by atomic mass is 32.2. The van der Waals surface area contributed by atoms with Crippen LogP contribution in [0.5, 0.6) is 11.5 Å². The van der Waals surface area contributed by atoms with Gasteiger partial charge in [-0.1, -0.05) is 30.3 Å². The lowest BCUT2D eigenvalue weighted by atomic mass is 9.88. The molecular formula is C32H38N4O8S2. The van der Waals surface area contributed by atoms with E-state index in [1.807, 2.05) is 24.3 Å². The first-order valence-electron chi connectivity index (χ1n) is 15.0. The summed E-state index contributed by atoms with van der Waals surface area (Å²) in [5, 5.41) is 22.5. The molecule has 3 aromatic rings. The average molecular weight is 671 g/mol. The Morgan fingerprint density at radius 3 is 2.41 bits per heavy atom. The smallest absolute Gasteiger partial charge is 0.243 e. The van der Waals surface area contributed by atoms with Crippen molar-refractivity contribution in [3.05, 3.63) is 72.8 Å². The predicted molar refractivity (Wildman–Crippen MR) is 170 cm³/mol. The molecule has 2 atom stereocenters. The molecule has 3 aromatic carbocycles. The average Bonchev–Trinajstić information content (AvgIpc) is 3.47. The summed E-state index contributed by atoms with van der Waals surface area (Å²) in [6.45, 7) is 1.31. The van der Waals surface area contributed by atoms with E-state index in [1.165, 1.54) is 23.5 Å². The Bertz CT molecular complexity index is 1750. The highest BCUT2D eigenvalue weighted by Gasteiger charge is 2.44. The van der Waals surface area contributed by atoms with Gasteiger partial charge in [-0.25, -0.2) is 21.6 Å². The summed E-state index contributed by atoms with van der Waals surface area (Å²) in [5.41, 5.74) is 1.17. The minimum Gasteiger partial charge on any atom is -0.491 e. The summed E-state index contributed by atoms with van der Waals surface area (Å²) in [6.07, 6.45) is 0.984. The van der Waals surface area contributed by atoms with Crippen LogP contribution in [-0.2, 0) is 24.8 Å². The topological polar surface area (TPSA) is 167 Å². The zero-order valence-corrected chi connectivity index (χ0v) is 27.1. The van der Waals surface area contributed by atoms with Crippen molar-refractivity contribution in [1.29, 1.82) is 5.26 Å². The van der Waals surface area contributed by atoms with Crippen molar-refractivity contribution in [1.82, 2.24) is 14.3 Å². The van der Waals surface area contributed by atoms with Crippen molar-refractivity contribution in [2.75, 3.05) is 46.5 Å². The molecule has 0 aliphatic carbocycles. The van der Waals surface area contributed by atoms with Crippen molar-refractivity contribution >= 4 is 20.0 Å². The second-order valence-corrected chi connectivity index (χ2v) is 15.2. The third-order valence-corrected chi connectivity index (χ3v) is 11.6. The molecule has 2 heterocycles. The van der Waals surface area contributed by atoms with Crippen LogP contribution in [0.1, 0.15) is 19.3 Å². The second kappa shape index (κ2) is 14.5. The quantitative estimate of drug-likeness (QED) is 0.246. The fraction of sp³-hybridized carbons (Fsp3) is 0.406. The number of hydrogen-bond donors (Lipinski definition) is 3. The van der Waals surface area contributed by atoms with E-state index < -0.39 is 31.8 Å². The van der Waals surface area contributed by atoms with E-state index in [4.69, 9.17) is 19.5 Å². The Kier molecular flexibility index (Phi) is 10.6. The number of nitriles is 1. The van der Waals surface area contributed by atoms with Gasteiger partial charge in [0.1, 0.15) is 30.3 Å². The van der Waals surface area contributed by atoms with Gasteiger partial charge >= 0.3 is 0 Å². The molecule has 2 aliphatic heterocycles. The highest BCUT2D eigenvalue weighted by molar-refractivity contribution is 7.89. The Morgan fingerprint density at radius 1 is 0.978 bits per heavy atom. The summed E-state index contributed by atoms with van der Waals surface area (Å²) in [6, 6.07) is 22.0. The Hall–Kier alpha value is -3.55. The number of rotatable bonds is 13. The summed E-state index contributed by atoms with van der Waals surface area (Å²) in [4.78, 5) is 0.302. The normalized spacial score (nSPS) is 19.0. The number of sulfonamides is 2. The van der Waals surface area contributed by atoms with Crippen LogP contribution < -0.4 is 19.5 Å². The van der Waals surface area contributed by atoms with Crippen molar-refractivity contribution < 1.29 is 36.2 Å². The Balaban J connectivity index is 1.10. The van der Waals surface area contributed by atoms with Crippen LogP contribution in [0.2, 0.25) is 0 Å². The molecule has 5 rings (SSSR count). The standard InChI is InChI=1S/C32H38N4O8S2/c1-34-45(38,39)30-6-3-5-29(19-30)43-23-27(37)21-35-26-20-32(44-22-26)12-15-36(16-13-32)46(40,41)31-7-2-4-25(18-31)24-8-10-28(11-9-24)42-17-14-33/h2-11,18-19,26-27,34-35,37H,12-13,15-17,20-23H2,1H3/t26-,27-/m0/s1. The van der Waals surface area contributed by atoms with E-state index in [-0.39, 0.29) is 35.6 Å². The molecule has 0 radical (unpaired) electrons. The molecule has 12 nitrogen and oxygen atoms in total. The van der Waals surface area contributed by atoms with Crippen LogP contribution in [0.25, 0.3) is 11.1 Å². The number of nitrogens with zero attached hydrogens (tertiary/aromatic N) is 2. The lowest BCUT2D eigenvalue weighted by molar-refractivity contribution is -0.0312. The van der Waals surface area contributed by atoms with Crippen LogP contribution in [-0.4, -0.2) is 90.5 Å². The van der Waals surface area contributed by atoms with Crippen LogP contribution in [0.4, 0.5) is 0 Å². The Labute approximate surface area is 270 Å². The van der Waals surface area contributed by atoms with Crippen LogP contribution in [0.3, 0.4) is 0 Å². The molecular weight excluding hydrogens is 633 g/mol. The van der Waals surface area contributed by atoms with Crippen molar-refractivity contribution in [3.63, 3.8) is 0 Å². The molecule has 46 heavy (non-hydrogen) atoms. The van der Waals surface area contributed by atoms with Gasteiger partial charge in [0.2, 0.25) is 20.0 Å². The van der Waals surface area contributed by atoms with Crippen molar-refractivity contribution in [3.8, 4) is 28.7 Å². The maximum Gasteiger partial charge on any atom is 0.243 e. The number of ether oxygens (including phenoxy) is 3. The van der Waals surface area contributed by atoms with Gasteiger partial charge in [-0.15, -0.1) is 0 Å². The van der Waals surface area contributed by atoms with Crippen LogP contribution in [0, 0.1) is 11.3 Å². The predicted octanol–water partition coefficient (Wildman–Crippen LogP) is 2.51. The minimum atomic E-state index is -3.72. The number of nitrogens with one attached hydrogen (secondary N) is 2. The summed E-state index contributed by atoms with van der Waals surface area (Å²) >= 11 is 0. The van der Waals surface area contributed by atoms with Gasteiger partial charge in [0, 0.05) is 31.7 Å². The molecule has 2 aliphatic rings. The lowest BCUT2D eigenvalue weighted by Crippen LogP contribution is -2.47. The zero-order valence-electron chi connectivity index (χ0n) is 25.5. The number of benzene rings is 3. The SMILES string of the molecule is CNS(=O)(=O)c1cccc(OC[C@@H](O)CN[C@@H]2COC3(CCN(S(=O)(=O)c4cccc(-c5ccc(OCC#N)cc5)c4)CC3)C2)c1. The van der Waals surface area contributed by atoms with Gasteiger partial charge in [0.15, 0.2) is 6.61 Å². The van der Waals surface area contributed by atoms with Crippen molar-refractivity contribution in [2.24, 2.45) is 0 Å². The van der Waals surface area contributed by atoms with E-state index in [1.54, 1.807) is 42.5 Å². The molecule has 2 fully saturated rings. The summed E-state index contributed by atoms with van der Waals surface area (Å²) in [7, 11) is -5.99. The maximum atomic E-state index is 13.6. The highest BCUT2D eigenvalue weighted by Crippen LogP contribution is 2.38. The number of aliphatic hydroxyl groups is 1. The monoisotopic (exact) mass is 670 g/mol. The zero-order chi connectivity index (χ0) is 32.8. The summed E-state index contributed by atoms with van der Waals surface area (Å²) in [5.74, 6) is 0.903. The van der Waals surface area contributed by atoms with E-state index in [9.17, 15) is 21.9 Å². The number of piperidine rings is 1. The molecule has 14 heteroatoms. The molecule has 0 amide bonds. The molecule has 0 aromatic heterocycles. The number of aliphatic hydroxyl groups excluding tert-OH is 1. The fourth-order valence-electron chi connectivity index (χ4n) is 5.71. The first-order valence-corrected chi connectivity index (χ1v) is 17.9. The minimum absolute atomic E-state index is 0.00437. The molecule has 0 saturated carbocycles. The molecule has 0 bridgehead atoms. The second-order valence-electron chi connectivity index (χ2n) is 11.4. The summed E-state index contributed by atoms with van der Waals surface area (Å²) < 4.78 is 72.1. The first kappa shape index (κ1) is 33.8. The van der Waals surface area contributed by atoms with Crippen LogP contribution >= 0.6 is 0 Å². The molecule has 1 spiro atoms. The van der Waals surface area contributed by atoms with Gasteiger partial charge in [-0.05, 0) is 73.8 Å².